The number of carbonyl (C=O) groups excluding carboxylic acids is 1. The molecule has 0 saturated carbocycles. The van der Waals surface area contributed by atoms with Crippen LogP contribution in [0.5, 0.6) is 5.75 Å². The molecule has 2 rings (SSSR count). The van der Waals surface area contributed by atoms with Crippen LogP contribution in [-0.4, -0.2) is 38.6 Å². The Balaban J connectivity index is 2.35. The zero-order valence-corrected chi connectivity index (χ0v) is 15.6. The number of hydrogen-bond donors (Lipinski definition) is 3. The van der Waals surface area contributed by atoms with Crippen molar-refractivity contribution in [1.29, 1.82) is 0 Å². The molecule has 1 atom stereocenters. The number of sulfonamides is 1. The number of methoxy groups -OCH3 is 1. The minimum absolute atomic E-state index is 0.0247. The smallest absolute Gasteiger partial charge is 0.322 e. The zero-order valence-electron chi connectivity index (χ0n) is 14.8. The third kappa shape index (κ3) is 5.53. The Bertz CT molecular complexity index is 928. The lowest BCUT2D eigenvalue weighted by atomic mass is 10.1. The van der Waals surface area contributed by atoms with Crippen LogP contribution in [0.25, 0.3) is 0 Å². The van der Waals surface area contributed by atoms with Crippen LogP contribution in [0.4, 0.5) is 5.69 Å². The second-order valence-corrected chi connectivity index (χ2v) is 7.43. The van der Waals surface area contributed by atoms with E-state index >= 15 is 0 Å². The number of benzene rings is 2. The first-order valence-electron chi connectivity index (χ1n) is 7.97. The van der Waals surface area contributed by atoms with E-state index < -0.39 is 22.0 Å². The molecule has 8 nitrogen and oxygen atoms in total. The summed E-state index contributed by atoms with van der Waals surface area (Å²) in [4.78, 5) is 22.5. The minimum Gasteiger partial charge on any atom is -0.495 e. The lowest BCUT2D eigenvalue weighted by Crippen LogP contribution is -2.42. The van der Waals surface area contributed by atoms with Crippen LogP contribution < -0.4 is 14.8 Å². The third-order valence-corrected chi connectivity index (χ3v) is 5.14. The number of aliphatic carboxylic acids is 1. The number of anilines is 1. The van der Waals surface area contributed by atoms with Crippen molar-refractivity contribution in [2.24, 2.45) is 0 Å². The maximum Gasteiger partial charge on any atom is 0.322 e. The Hall–Kier alpha value is -2.91. The van der Waals surface area contributed by atoms with Crippen molar-refractivity contribution in [3.63, 3.8) is 0 Å². The van der Waals surface area contributed by atoms with E-state index in [4.69, 9.17) is 4.74 Å². The van der Waals surface area contributed by atoms with Gasteiger partial charge in [-0.25, -0.2) is 8.42 Å². The average molecular weight is 392 g/mol. The van der Waals surface area contributed by atoms with Gasteiger partial charge in [-0.2, -0.15) is 4.72 Å². The van der Waals surface area contributed by atoms with E-state index in [1.807, 2.05) is 0 Å². The van der Waals surface area contributed by atoms with Crippen molar-refractivity contribution in [2.45, 2.75) is 24.3 Å². The Kier molecular flexibility index (Phi) is 6.54. The van der Waals surface area contributed by atoms with Crippen LogP contribution in [0.15, 0.2) is 53.4 Å². The standard InChI is InChI=1S/C18H20N2O6S/c1-12(21)19-14-8-9-16(26-2)17(11-14)27(24,25)20-15(18(22)23)10-13-6-4-3-5-7-13/h3-9,11,15,20H,10H2,1-2H3,(H,19,21)(H,22,23)/t15-/m1/s1. The second kappa shape index (κ2) is 8.65. The van der Waals surface area contributed by atoms with Crippen LogP contribution in [0.2, 0.25) is 0 Å². The predicted molar refractivity (Wildman–Crippen MR) is 99.2 cm³/mol. The molecule has 0 radical (unpaired) electrons. The van der Waals surface area contributed by atoms with E-state index in [0.717, 1.165) is 0 Å². The summed E-state index contributed by atoms with van der Waals surface area (Å²) in [6.07, 6.45) is -0.0247. The quantitative estimate of drug-likeness (QED) is 0.628. The van der Waals surface area contributed by atoms with E-state index in [2.05, 4.69) is 10.0 Å². The molecule has 0 bridgehead atoms. The SMILES string of the molecule is COc1ccc(NC(C)=O)cc1S(=O)(=O)N[C@H](Cc1ccccc1)C(=O)O. The van der Waals surface area contributed by atoms with Crippen LogP contribution in [0, 0.1) is 0 Å². The molecule has 1 amide bonds. The van der Waals surface area contributed by atoms with Crippen molar-refractivity contribution in [3.8, 4) is 5.75 Å². The molecular weight excluding hydrogens is 372 g/mol. The molecule has 0 aliphatic rings. The normalized spacial score (nSPS) is 12.2. The zero-order chi connectivity index (χ0) is 20.0. The Labute approximate surface area is 157 Å². The Morgan fingerprint density at radius 3 is 2.37 bits per heavy atom. The highest BCUT2D eigenvalue weighted by Crippen LogP contribution is 2.27. The van der Waals surface area contributed by atoms with Crippen LogP contribution in [-0.2, 0) is 26.0 Å². The minimum atomic E-state index is -4.23. The molecule has 9 heteroatoms. The highest BCUT2D eigenvalue weighted by Gasteiger charge is 2.28. The molecule has 0 aliphatic carbocycles. The van der Waals surface area contributed by atoms with Crippen LogP contribution in [0.1, 0.15) is 12.5 Å². The molecule has 0 unspecified atom stereocenters. The number of nitrogens with one attached hydrogen (secondary N) is 2. The van der Waals surface area contributed by atoms with Crippen LogP contribution >= 0.6 is 0 Å². The average Bonchev–Trinajstić information content (AvgIpc) is 2.61. The van der Waals surface area contributed by atoms with Gasteiger partial charge in [0.1, 0.15) is 16.7 Å². The summed E-state index contributed by atoms with van der Waals surface area (Å²) in [5, 5.41) is 11.9. The highest BCUT2D eigenvalue weighted by molar-refractivity contribution is 7.89. The number of carbonyl (C=O) groups is 2. The third-order valence-electron chi connectivity index (χ3n) is 3.65. The van der Waals surface area contributed by atoms with Gasteiger partial charge in [-0.05, 0) is 30.2 Å². The summed E-state index contributed by atoms with van der Waals surface area (Å²) in [6.45, 7) is 1.29. The fourth-order valence-corrected chi connectivity index (χ4v) is 3.83. The maximum atomic E-state index is 12.8. The summed E-state index contributed by atoms with van der Waals surface area (Å²) in [7, 11) is -2.94. The second-order valence-electron chi connectivity index (χ2n) is 5.75. The Morgan fingerprint density at radius 1 is 1.15 bits per heavy atom. The molecular formula is C18H20N2O6S. The van der Waals surface area contributed by atoms with Gasteiger partial charge in [-0.1, -0.05) is 30.3 Å². The van der Waals surface area contributed by atoms with E-state index in [1.165, 1.54) is 32.2 Å². The largest absolute Gasteiger partial charge is 0.495 e. The fourth-order valence-electron chi connectivity index (χ4n) is 2.45. The topological polar surface area (TPSA) is 122 Å². The van der Waals surface area contributed by atoms with Crippen molar-refractivity contribution >= 4 is 27.6 Å². The molecule has 0 saturated heterocycles. The van der Waals surface area contributed by atoms with E-state index in [-0.39, 0.29) is 28.7 Å². The molecule has 0 heterocycles. The molecule has 0 spiro atoms. The van der Waals surface area contributed by atoms with Crippen molar-refractivity contribution in [2.75, 3.05) is 12.4 Å². The van der Waals surface area contributed by atoms with Gasteiger partial charge in [-0.3, -0.25) is 9.59 Å². The highest BCUT2D eigenvalue weighted by atomic mass is 32.2. The summed E-state index contributed by atoms with van der Waals surface area (Å²) < 4.78 is 32.8. The molecule has 144 valence electrons. The molecule has 2 aromatic rings. The van der Waals surface area contributed by atoms with Gasteiger partial charge in [-0.15, -0.1) is 0 Å². The van der Waals surface area contributed by atoms with Crippen molar-refractivity contribution < 1.29 is 27.9 Å². The molecule has 0 aliphatic heterocycles. The van der Waals surface area contributed by atoms with Gasteiger partial charge in [0.15, 0.2) is 0 Å². The molecule has 0 fully saturated rings. The van der Waals surface area contributed by atoms with E-state index in [9.17, 15) is 23.1 Å². The number of ether oxygens (including phenoxy) is 1. The number of amides is 1. The number of hydrogen-bond acceptors (Lipinski definition) is 5. The van der Waals surface area contributed by atoms with Gasteiger partial charge in [0, 0.05) is 12.6 Å². The molecule has 27 heavy (non-hydrogen) atoms. The number of rotatable bonds is 8. The molecule has 0 aromatic heterocycles. The first-order valence-corrected chi connectivity index (χ1v) is 9.46. The van der Waals surface area contributed by atoms with Gasteiger partial charge >= 0.3 is 5.97 Å². The lowest BCUT2D eigenvalue weighted by Gasteiger charge is -2.17. The predicted octanol–water partition coefficient (Wildman–Crippen LogP) is 1.63. The van der Waals surface area contributed by atoms with Gasteiger partial charge in [0.25, 0.3) is 0 Å². The van der Waals surface area contributed by atoms with Gasteiger partial charge < -0.3 is 15.2 Å². The first kappa shape index (κ1) is 20.4. The van der Waals surface area contributed by atoms with E-state index in [0.29, 0.717) is 5.56 Å². The number of carboxylic acids is 1. The summed E-state index contributed by atoms with van der Waals surface area (Å²) in [6, 6.07) is 11.4. The molecule has 3 N–H and O–H groups in total. The summed E-state index contributed by atoms with van der Waals surface area (Å²) in [5.74, 6) is -1.65. The first-order chi connectivity index (χ1) is 12.7. The number of carboxylic acid groups (broad SMARTS) is 1. The summed E-state index contributed by atoms with van der Waals surface area (Å²) >= 11 is 0. The van der Waals surface area contributed by atoms with Gasteiger partial charge in [0.05, 0.1) is 7.11 Å². The van der Waals surface area contributed by atoms with E-state index in [1.54, 1.807) is 30.3 Å². The van der Waals surface area contributed by atoms with Crippen LogP contribution in [0.3, 0.4) is 0 Å². The lowest BCUT2D eigenvalue weighted by molar-refractivity contribution is -0.138. The summed E-state index contributed by atoms with van der Waals surface area (Å²) in [5.41, 5.74) is 0.921. The fraction of sp³-hybridized carbons (Fsp3) is 0.222. The van der Waals surface area contributed by atoms with Crippen molar-refractivity contribution in [1.82, 2.24) is 4.72 Å². The Morgan fingerprint density at radius 2 is 1.81 bits per heavy atom. The maximum absolute atomic E-state index is 12.8. The van der Waals surface area contributed by atoms with Crippen molar-refractivity contribution in [3.05, 3.63) is 54.1 Å². The monoisotopic (exact) mass is 392 g/mol. The van der Waals surface area contributed by atoms with Gasteiger partial charge in [0.2, 0.25) is 15.9 Å². The molecule has 2 aromatic carbocycles.